The molecular formula is C10H17N5O3. The van der Waals surface area contributed by atoms with E-state index < -0.39 is 12.0 Å². The highest BCUT2D eigenvalue weighted by atomic mass is 16.4. The van der Waals surface area contributed by atoms with Gasteiger partial charge in [-0.05, 0) is 5.92 Å². The second-order valence-electron chi connectivity index (χ2n) is 4.26. The predicted molar refractivity (Wildman–Crippen MR) is 62.7 cm³/mol. The van der Waals surface area contributed by atoms with E-state index in [1.807, 2.05) is 13.8 Å². The molecule has 1 heterocycles. The van der Waals surface area contributed by atoms with Gasteiger partial charge in [0.05, 0.1) is 6.54 Å². The zero-order valence-corrected chi connectivity index (χ0v) is 10.4. The second-order valence-corrected chi connectivity index (χ2v) is 4.26. The molecule has 1 rings (SSSR count). The molecular weight excluding hydrogens is 238 g/mol. The van der Waals surface area contributed by atoms with Crippen LogP contribution in [0.5, 0.6) is 0 Å². The van der Waals surface area contributed by atoms with Crippen molar-refractivity contribution >= 4 is 12.0 Å². The molecule has 100 valence electrons. The third kappa shape index (κ3) is 4.81. The molecule has 2 amide bonds. The van der Waals surface area contributed by atoms with Gasteiger partial charge >= 0.3 is 12.0 Å². The molecule has 0 atom stereocenters. The van der Waals surface area contributed by atoms with Crippen molar-refractivity contribution in [1.29, 1.82) is 0 Å². The number of aliphatic carboxylic acids is 1. The number of carbonyl (C=O) groups is 2. The average Bonchev–Trinajstić information content (AvgIpc) is 2.76. The van der Waals surface area contributed by atoms with Crippen molar-refractivity contribution in [2.24, 2.45) is 5.92 Å². The lowest BCUT2D eigenvalue weighted by molar-refractivity contribution is -0.137. The first-order valence-corrected chi connectivity index (χ1v) is 5.58. The van der Waals surface area contributed by atoms with Crippen LogP contribution in [-0.2, 0) is 11.3 Å². The van der Waals surface area contributed by atoms with Gasteiger partial charge in [-0.25, -0.2) is 9.78 Å². The van der Waals surface area contributed by atoms with Crippen molar-refractivity contribution in [2.45, 2.75) is 20.4 Å². The summed E-state index contributed by atoms with van der Waals surface area (Å²) in [6.45, 7) is 4.08. The maximum absolute atomic E-state index is 11.8. The van der Waals surface area contributed by atoms with E-state index in [2.05, 4.69) is 20.5 Å². The number of carboxylic acid groups (broad SMARTS) is 1. The van der Waals surface area contributed by atoms with Gasteiger partial charge in [0.2, 0.25) is 0 Å². The summed E-state index contributed by atoms with van der Waals surface area (Å²) in [7, 11) is 0. The molecule has 0 saturated carbocycles. The van der Waals surface area contributed by atoms with E-state index in [0.717, 1.165) is 0 Å². The van der Waals surface area contributed by atoms with E-state index in [0.29, 0.717) is 12.4 Å². The monoisotopic (exact) mass is 255 g/mol. The summed E-state index contributed by atoms with van der Waals surface area (Å²) in [6, 6.07) is -0.428. The molecule has 0 bridgehead atoms. The van der Waals surface area contributed by atoms with Crippen molar-refractivity contribution in [1.82, 2.24) is 25.4 Å². The number of carbonyl (C=O) groups excluding carboxylic acids is 1. The Balaban J connectivity index is 2.50. The van der Waals surface area contributed by atoms with E-state index in [1.165, 1.54) is 11.2 Å². The van der Waals surface area contributed by atoms with Gasteiger partial charge in [-0.15, -0.1) is 0 Å². The third-order valence-electron chi connectivity index (χ3n) is 2.07. The summed E-state index contributed by atoms with van der Waals surface area (Å²) in [5.41, 5.74) is 0. The Morgan fingerprint density at radius 1 is 1.56 bits per heavy atom. The SMILES string of the molecule is CC(C)CN(CC(=O)O)C(=O)NCc1ncn[nH]1. The minimum absolute atomic E-state index is 0.188. The number of amides is 2. The van der Waals surface area contributed by atoms with Gasteiger partial charge in [-0.3, -0.25) is 9.89 Å². The van der Waals surface area contributed by atoms with Crippen LogP contribution in [0.3, 0.4) is 0 Å². The standard InChI is InChI=1S/C10H17N5O3/c1-7(2)4-15(5-9(16)17)10(18)11-3-8-12-6-13-14-8/h6-7H,3-5H2,1-2H3,(H,11,18)(H,16,17)(H,12,13,14). The summed E-state index contributed by atoms with van der Waals surface area (Å²) < 4.78 is 0. The molecule has 0 unspecified atom stereocenters. The van der Waals surface area contributed by atoms with Crippen LogP contribution in [0.25, 0.3) is 0 Å². The van der Waals surface area contributed by atoms with Gasteiger partial charge in [-0.2, -0.15) is 5.10 Å². The third-order valence-corrected chi connectivity index (χ3v) is 2.07. The van der Waals surface area contributed by atoms with Crippen LogP contribution >= 0.6 is 0 Å². The Bertz CT molecular complexity index is 390. The number of urea groups is 1. The summed E-state index contributed by atoms with van der Waals surface area (Å²) in [6.07, 6.45) is 1.34. The maximum atomic E-state index is 11.8. The van der Waals surface area contributed by atoms with Crippen molar-refractivity contribution in [3.63, 3.8) is 0 Å². The molecule has 0 aliphatic rings. The fourth-order valence-corrected chi connectivity index (χ4v) is 1.41. The zero-order valence-electron chi connectivity index (χ0n) is 10.4. The number of H-pyrrole nitrogens is 1. The van der Waals surface area contributed by atoms with Crippen LogP contribution in [0.4, 0.5) is 4.79 Å². The molecule has 0 radical (unpaired) electrons. The molecule has 0 fully saturated rings. The first-order chi connectivity index (χ1) is 8.49. The van der Waals surface area contributed by atoms with Crippen molar-refractivity contribution in [3.8, 4) is 0 Å². The lowest BCUT2D eigenvalue weighted by Crippen LogP contribution is -2.44. The quantitative estimate of drug-likeness (QED) is 0.665. The number of rotatable bonds is 6. The van der Waals surface area contributed by atoms with Crippen LogP contribution in [-0.4, -0.2) is 50.3 Å². The highest BCUT2D eigenvalue weighted by molar-refractivity contribution is 5.80. The van der Waals surface area contributed by atoms with Crippen LogP contribution in [0.2, 0.25) is 0 Å². The van der Waals surface area contributed by atoms with Crippen LogP contribution < -0.4 is 5.32 Å². The summed E-state index contributed by atoms with van der Waals surface area (Å²) in [4.78, 5) is 27.6. The van der Waals surface area contributed by atoms with E-state index in [-0.39, 0.29) is 19.0 Å². The number of hydrogen-bond acceptors (Lipinski definition) is 4. The van der Waals surface area contributed by atoms with Crippen LogP contribution in [0.1, 0.15) is 19.7 Å². The molecule has 0 saturated heterocycles. The van der Waals surface area contributed by atoms with Gasteiger partial charge in [-0.1, -0.05) is 13.8 Å². The van der Waals surface area contributed by atoms with Crippen molar-refractivity contribution in [3.05, 3.63) is 12.2 Å². The average molecular weight is 255 g/mol. The highest BCUT2D eigenvalue weighted by Crippen LogP contribution is 1.99. The summed E-state index contributed by atoms with van der Waals surface area (Å²) in [5, 5.41) is 17.6. The Morgan fingerprint density at radius 2 is 2.28 bits per heavy atom. The second kappa shape index (κ2) is 6.58. The number of aromatic amines is 1. The van der Waals surface area contributed by atoms with Crippen LogP contribution in [0, 0.1) is 5.92 Å². The van der Waals surface area contributed by atoms with E-state index in [4.69, 9.17) is 5.11 Å². The smallest absolute Gasteiger partial charge is 0.323 e. The van der Waals surface area contributed by atoms with Gasteiger partial charge in [0.25, 0.3) is 0 Å². The van der Waals surface area contributed by atoms with Gasteiger partial charge < -0.3 is 15.3 Å². The highest BCUT2D eigenvalue weighted by Gasteiger charge is 2.17. The fraction of sp³-hybridized carbons (Fsp3) is 0.600. The minimum Gasteiger partial charge on any atom is -0.480 e. The zero-order chi connectivity index (χ0) is 13.5. The van der Waals surface area contributed by atoms with Gasteiger partial charge in [0.15, 0.2) is 0 Å². The van der Waals surface area contributed by atoms with Crippen LogP contribution in [0.15, 0.2) is 6.33 Å². The van der Waals surface area contributed by atoms with Gasteiger partial charge in [0, 0.05) is 6.54 Å². The summed E-state index contributed by atoms with van der Waals surface area (Å²) >= 11 is 0. The molecule has 0 aliphatic heterocycles. The predicted octanol–water partition coefficient (Wildman–Crippen LogP) is 0.0569. The van der Waals surface area contributed by atoms with Gasteiger partial charge in [0.1, 0.15) is 18.7 Å². The fourth-order valence-electron chi connectivity index (χ4n) is 1.41. The molecule has 8 heteroatoms. The number of nitrogens with zero attached hydrogens (tertiary/aromatic N) is 3. The number of aromatic nitrogens is 3. The number of nitrogens with one attached hydrogen (secondary N) is 2. The first kappa shape index (κ1) is 13.9. The molecule has 3 N–H and O–H groups in total. The Labute approximate surface area is 104 Å². The van der Waals surface area contributed by atoms with E-state index in [1.54, 1.807) is 0 Å². The molecule has 0 spiro atoms. The molecule has 0 aromatic carbocycles. The molecule has 18 heavy (non-hydrogen) atoms. The number of hydrogen-bond donors (Lipinski definition) is 3. The Kier molecular flexibility index (Phi) is 5.09. The minimum atomic E-state index is -1.04. The lowest BCUT2D eigenvalue weighted by Gasteiger charge is -2.22. The van der Waals surface area contributed by atoms with Crippen molar-refractivity contribution < 1.29 is 14.7 Å². The molecule has 0 aliphatic carbocycles. The normalized spacial score (nSPS) is 10.4. The lowest BCUT2D eigenvalue weighted by atomic mass is 10.2. The maximum Gasteiger partial charge on any atom is 0.323 e. The molecule has 8 nitrogen and oxygen atoms in total. The van der Waals surface area contributed by atoms with Crippen molar-refractivity contribution in [2.75, 3.05) is 13.1 Å². The van der Waals surface area contributed by atoms with E-state index in [9.17, 15) is 9.59 Å². The topological polar surface area (TPSA) is 111 Å². The molecule has 1 aromatic rings. The number of carboxylic acids is 1. The Morgan fingerprint density at radius 3 is 2.78 bits per heavy atom. The summed E-state index contributed by atoms with van der Waals surface area (Å²) in [5.74, 6) is -0.325. The van der Waals surface area contributed by atoms with E-state index >= 15 is 0 Å². The Hall–Kier alpha value is -2.12. The largest absolute Gasteiger partial charge is 0.480 e. The first-order valence-electron chi connectivity index (χ1n) is 5.58. The molecule has 1 aromatic heterocycles.